The second-order valence-corrected chi connectivity index (χ2v) is 5.35. The quantitative estimate of drug-likeness (QED) is 0.741. The van der Waals surface area contributed by atoms with E-state index in [9.17, 15) is 0 Å². The first-order valence-corrected chi connectivity index (χ1v) is 7.09. The number of pyridine rings is 1. The van der Waals surface area contributed by atoms with Gasteiger partial charge in [0.25, 0.3) is 0 Å². The zero-order valence-electron chi connectivity index (χ0n) is 11.2. The summed E-state index contributed by atoms with van der Waals surface area (Å²) in [4.78, 5) is 4.54. The van der Waals surface area contributed by atoms with Gasteiger partial charge < -0.3 is 5.32 Å². The van der Waals surface area contributed by atoms with Crippen molar-refractivity contribution in [2.45, 2.75) is 18.9 Å². The van der Waals surface area contributed by atoms with Crippen molar-refractivity contribution in [1.82, 2.24) is 4.98 Å². The van der Waals surface area contributed by atoms with Crippen molar-refractivity contribution >= 4 is 16.5 Å². The normalized spacial score (nSPS) is 17.1. The van der Waals surface area contributed by atoms with E-state index in [1.807, 2.05) is 12.3 Å². The molecule has 0 aliphatic heterocycles. The lowest BCUT2D eigenvalue weighted by atomic mass is 10.1. The summed E-state index contributed by atoms with van der Waals surface area (Å²) < 4.78 is 0. The molecule has 4 rings (SSSR count). The molecule has 1 unspecified atom stereocenters. The van der Waals surface area contributed by atoms with Crippen LogP contribution >= 0.6 is 0 Å². The third kappa shape index (κ3) is 1.94. The molecule has 0 saturated carbocycles. The van der Waals surface area contributed by atoms with Crippen LogP contribution in [0.2, 0.25) is 0 Å². The first-order chi connectivity index (χ1) is 9.90. The Morgan fingerprint density at radius 1 is 0.950 bits per heavy atom. The maximum atomic E-state index is 4.54. The summed E-state index contributed by atoms with van der Waals surface area (Å²) >= 11 is 0. The largest absolute Gasteiger partial charge is 0.377 e. The number of fused-ring (bicyclic) bond motifs is 2. The lowest BCUT2D eigenvalue weighted by Crippen LogP contribution is -2.08. The van der Waals surface area contributed by atoms with Gasteiger partial charge in [0.15, 0.2) is 0 Å². The molecule has 1 N–H and O–H groups in total. The number of benzene rings is 2. The number of hydrogen-bond acceptors (Lipinski definition) is 2. The van der Waals surface area contributed by atoms with Crippen molar-refractivity contribution in [2.75, 3.05) is 5.32 Å². The number of nitrogens with zero attached hydrogens (tertiary/aromatic N) is 1. The van der Waals surface area contributed by atoms with E-state index in [-0.39, 0.29) is 0 Å². The van der Waals surface area contributed by atoms with Crippen molar-refractivity contribution in [3.05, 3.63) is 72.1 Å². The Kier molecular flexibility index (Phi) is 2.66. The van der Waals surface area contributed by atoms with Gasteiger partial charge in [-0.1, -0.05) is 36.4 Å². The zero-order chi connectivity index (χ0) is 13.4. The van der Waals surface area contributed by atoms with Gasteiger partial charge in [0, 0.05) is 11.9 Å². The van der Waals surface area contributed by atoms with Crippen molar-refractivity contribution < 1.29 is 0 Å². The SMILES string of the molecule is c1cnc2c(c1)CCC2Nc1ccc2ccccc2c1. The highest BCUT2D eigenvalue weighted by molar-refractivity contribution is 5.85. The van der Waals surface area contributed by atoms with Crippen LogP contribution in [-0.2, 0) is 6.42 Å². The fourth-order valence-corrected chi connectivity index (χ4v) is 3.03. The predicted molar refractivity (Wildman–Crippen MR) is 82.9 cm³/mol. The van der Waals surface area contributed by atoms with Crippen LogP contribution in [0.5, 0.6) is 0 Å². The van der Waals surface area contributed by atoms with E-state index in [2.05, 4.69) is 58.8 Å². The van der Waals surface area contributed by atoms with Gasteiger partial charge in [-0.25, -0.2) is 0 Å². The fraction of sp³-hybridized carbons (Fsp3) is 0.167. The highest BCUT2D eigenvalue weighted by atomic mass is 15.0. The summed E-state index contributed by atoms with van der Waals surface area (Å²) in [6, 6.07) is 19.6. The number of aryl methyl sites for hydroxylation is 1. The van der Waals surface area contributed by atoms with Gasteiger partial charge in [-0.2, -0.15) is 0 Å². The number of aromatic nitrogens is 1. The molecule has 3 aromatic rings. The first-order valence-electron chi connectivity index (χ1n) is 7.09. The van der Waals surface area contributed by atoms with Crippen LogP contribution < -0.4 is 5.32 Å². The zero-order valence-corrected chi connectivity index (χ0v) is 11.2. The topological polar surface area (TPSA) is 24.9 Å². The van der Waals surface area contributed by atoms with E-state index < -0.39 is 0 Å². The highest BCUT2D eigenvalue weighted by Crippen LogP contribution is 2.32. The molecular weight excluding hydrogens is 244 g/mol. The van der Waals surface area contributed by atoms with Crippen molar-refractivity contribution in [2.24, 2.45) is 0 Å². The average Bonchev–Trinajstić information content (AvgIpc) is 2.91. The van der Waals surface area contributed by atoms with Crippen molar-refractivity contribution in [1.29, 1.82) is 0 Å². The minimum Gasteiger partial charge on any atom is -0.377 e. The Morgan fingerprint density at radius 2 is 1.85 bits per heavy atom. The third-order valence-electron chi connectivity index (χ3n) is 4.05. The second-order valence-electron chi connectivity index (χ2n) is 5.35. The van der Waals surface area contributed by atoms with Gasteiger partial charge in [0.2, 0.25) is 0 Å². The Morgan fingerprint density at radius 3 is 2.80 bits per heavy atom. The van der Waals surface area contributed by atoms with Crippen LogP contribution in [0.25, 0.3) is 10.8 Å². The summed E-state index contributed by atoms with van der Waals surface area (Å²) in [5.74, 6) is 0. The molecule has 0 amide bonds. The Labute approximate surface area is 118 Å². The van der Waals surface area contributed by atoms with E-state index in [0.29, 0.717) is 6.04 Å². The number of hydrogen-bond donors (Lipinski definition) is 1. The lowest BCUT2D eigenvalue weighted by Gasteiger charge is -2.15. The fourth-order valence-electron chi connectivity index (χ4n) is 3.03. The molecule has 20 heavy (non-hydrogen) atoms. The number of anilines is 1. The minimum absolute atomic E-state index is 0.340. The summed E-state index contributed by atoms with van der Waals surface area (Å²) in [5.41, 5.74) is 3.76. The third-order valence-corrected chi connectivity index (χ3v) is 4.05. The number of nitrogens with one attached hydrogen (secondary N) is 1. The molecule has 2 heteroatoms. The van der Waals surface area contributed by atoms with Gasteiger partial charge in [-0.05, 0) is 47.4 Å². The monoisotopic (exact) mass is 260 g/mol. The molecular formula is C18H16N2. The van der Waals surface area contributed by atoms with E-state index >= 15 is 0 Å². The molecule has 0 bridgehead atoms. The van der Waals surface area contributed by atoms with E-state index in [1.54, 1.807) is 0 Å². The van der Waals surface area contributed by atoms with Gasteiger partial charge >= 0.3 is 0 Å². The smallest absolute Gasteiger partial charge is 0.0691 e. The number of rotatable bonds is 2. The van der Waals surface area contributed by atoms with Crippen LogP contribution in [0.1, 0.15) is 23.7 Å². The van der Waals surface area contributed by atoms with Crippen LogP contribution in [0.4, 0.5) is 5.69 Å². The summed E-state index contributed by atoms with van der Waals surface area (Å²) in [7, 11) is 0. The van der Waals surface area contributed by atoms with Gasteiger partial charge in [0.1, 0.15) is 0 Å². The Hall–Kier alpha value is -2.35. The average molecular weight is 260 g/mol. The maximum Gasteiger partial charge on any atom is 0.0691 e. The van der Waals surface area contributed by atoms with Crippen molar-refractivity contribution in [3.63, 3.8) is 0 Å². The molecule has 2 nitrogen and oxygen atoms in total. The predicted octanol–water partition coefficient (Wildman–Crippen LogP) is 4.33. The second kappa shape index (κ2) is 4.64. The van der Waals surface area contributed by atoms with Gasteiger partial charge in [-0.3, -0.25) is 4.98 Å². The van der Waals surface area contributed by atoms with Gasteiger partial charge in [-0.15, -0.1) is 0 Å². The van der Waals surface area contributed by atoms with E-state index in [0.717, 1.165) is 12.8 Å². The molecule has 0 spiro atoms. The molecule has 1 aliphatic carbocycles. The van der Waals surface area contributed by atoms with Gasteiger partial charge in [0.05, 0.1) is 11.7 Å². The van der Waals surface area contributed by atoms with Crippen LogP contribution in [0.3, 0.4) is 0 Å². The van der Waals surface area contributed by atoms with Crippen LogP contribution in [0, 0.1) is 0 Å². The van der Waals surface area contributed by atoms with Crippen LogP contribution in [-0.4, -0.2) is 4.98 Å². The summed E-state index contributed by atoms with van der Waals surface area (Å²) in [6.07, 6.45) is 4.13. The highest BCUT2D eigenvalue weighted by Gasteiger charge is 2.23. The maximum absolute atomic E-state index is 4.54. The van der Waals surface area contributed by atoms with E-state index in [4.69, 9.17) is 0 Å². The molecule has 1 atom stereocenters. The standard InChI is InChI=1S/C18H16N2/c1-2-5-15-12-16(9-7-13(15)4-1)20-17-10-8-14-6-3-11-19-18(14)17/h1-7,9,11-12,17,20H,8,10H2. The minimum atomic E-state index is 0.340. The molecule has 0 fully saturated rings. The molecule has 2 aromatic carbocycles. The molecule has 98 valence electrons. The van der Waals surface area contributed by atoms with Crippen molar-refractivity contribution in [3.8, 4) is 0 Å². The summed E-state index contributed by atoms with van der Waals surface area (Å²) in [5, 5.41) is 6.18. The molecule has 1 aromatic heterocycles. The lowest BCUT2D eigenvalue weighted by molar-refractivity contribution is 0.746. The molecule has 0 saturated heterocycles. The van der Waals surface area contributed by atoms with E-state index in [1.165, 1.54) is 27.7 Å². The molecule has 0 radical (unpaired) electrons. The Balaban J connectivity index is 1.65. The van der Waals surface area contributed by atoms with Crippen LogP contribution in [0.15, 0.2) is 60.8 Å². The molecule has 1 heterocycles. The first kappa shape index (κ1) is 11.5. The molecule has 1 aliphatic rings. The Bertz CT molecular complexity index is 764. The summed E-state index contributed by atoms with van der Waals surface area (Å²) in [6.45, 7) is 0.